The molecule has 0 unspecified atom stereocenters. The lowest BCUT2D eigenvalue weighted by atomic mass is 10.1. The summed E-state index contributed by atoms with van der Waals surface area (Å²) in [6.45, 7) is 1.55. The van der Waals surface area contributed by atoms with E-state index >= 15 is 0 Å². The third-order valence-electron chi connectivity index (χ3n) is 3.94. The first-order valence-corrected chi connectivity index (χ1v) is 9.02. The van der Waals surface area contributed by atoms with E-state index in [9.17, 15) is 14.4 Å². The Labute approximate surface area is 172 Å². The summed E-state index contributed by atoms with van der Waals surface area (Å²) >= 11 is 0. The van der Waals surface area contributed by atoms with Crippen molar-refractivity contribution in [3.05, 3.63) is 89.4 Å². The Morgan fingerprint density at radius 1 is 1.03 bits per heavy atom. The number of benzene rings is 2. The summed E-state index contributed by atoms with van der Waals surface area (Å²) in [5.41, 5.74) is 4.98. The van der Waals surface area contributed by atoms with Crippen molar-refractivity contribution in [1.29, 1.82) is 0 Å². The summed E-state index contributed by atoms with van der Waals surface area (Å²) in [5.74, 6) is -1.37. The van der Waals surface area contributed by atoms with Gasteiger partial charge in [0, 0.05) is 5.69 Å². The van der Waals surface area contributed by atoms with Crippen LogP contribution in [0.25, 0.3) is 0 Å². The number of anilines is 1. The van der Waals surface area contributed by atoms with Gasteiger partial charge in [-0.25, -0.2) is 10.2 Å². The van der Waals surface area contributed by atoms with Crippen molar-refractivity contribution in [3.8, 4) is 0 Å². The maximum Gasteiger partial charge on any atom is 0.338 e. The molecule has 3 rings (SSSR count). The van der Waals surface area contributed by atoms with Gasteiger partial charge in [-0.15, -0.1) is 0 Å². The molecule has 0 saturated carbocycles. The lowest BCUT2D eigenvalue weighted by molar-refractivity contribution is -0.119. The zero-order valence-electron chi connectivity index (χ0n) is 16.1. The molecule has 1 aromatic heterocycles. The van der Waals surface area contributed by atoms with E-state index in [1.54, 1.807) is 30.3 Å². The van der Waals surface area contributed by atoms with Gasteiger partial charge in [-0.2, -0.15) is 5.10 Å². The highest BCUT2D eigenvalue weighted by Crippen LogP contribution is 2.09. The van der Waals surface area contributed by atoms with Crippen molar-refractivity contribution in [2.45, 2.75) is 6.92 Å². The highest BCUT2D eigenvalue weighted by Gasteiger charge is 2.10. The SMILES string of the molecule is Cc1ccc(NC(=O)COC(=O)c2ccc(/C=N\NC(=O)c3ccco3)cc2)cc1. The van der Waals surface area contributed by atoms with Crippen LogP contribution in [0.15, 0.2) is 76.4 Å². The third-order valence-corrected chi connectivity index (χ3v) is 3.94. The molecule has 0 saturated heterocycles. The van der Waals surface area contributed by atoms with E-state index in [1.807, 2.05) is 19.1 Å². The number of ether oxygens (including phenoxy) is 1. The van der Waals surface area contributed by atoms with Crippen LogP contribution in [0.3, 0.4) is 0 Å². The van der Waals surface area contributed by atoms with E-state index < -0.39 is 24.4 Å². The first-order chi connectivity index (χ1) is 14.5. The minimum Gasteiger partial charge on any atom is -0.459 e. The fourth-order valence-electron chi connectivity index (χ4n) is 2.38. The molecule has 3 aromatic rings. The second-order valence-electron chi connectivity index (χ2n) is 6.29. The largest absolute Gasteiger partial charge is 0.459 e. The number of furan rings is 1. The second-order valence-corrected chi connectivity index (χ2v) is 6.29. The quantitative estimate of drug-likeness (QED) is 0.356. The zero-order valence-corrected chi connectivity index (χ0v) is 16.1. The molecule has 8 heteroatoms. The Morgan fingerprint density at radius 3 is 2.43 bits per heavy atom. The number of aryl methyl sites for hydroxylation is 1. The molecule has 30 heavy (non-hydrogen) atoms. The summed E-state index contributed by atoms with van der Waals surface area (Å²) in [6.07, 6.45) is 2.81. The molecule has 0 bridgehead atoms. The third kappa shape index (κ3) is 5.90. The number of rotatable bonds is 7. The van der Waals surface area contributed by atoms with E-state index in [-0.39, 0.29) is 11.3 Å². The number of carbonyl (C=O) groups is 3. The van der Waals surface area contributed by atoms with Crippen LogP contribution in [0.4, 0.5) is 5.69 Å². The van der Waals surface area contributed by atoms with Crippen molar-refractivity contribution in [2.75, 3.05) is 11.9 Å². The van der Waals surface area contributed by atoms with Gasteiger partial charge in [-0.1, -0.05) is 29.8 Å². The molecule has 0 atom stereocenters. The predicted molar refractivity (Wildman–Crippen MR) is 110 cm³/mol. The van der Waals surface area contributed by atoms with Gasteiger partial charge < -0.3 is 14.5 Å². The summed E-state index contributed by atoms with van der Waals surface area (Å²) in [6, 6.07) is 16.7. The van der Waals surface area contributed by atoms with Gasteiger partial charge in [0.15, 0.2) is 12.4 Å². The molecule has 0 aliphatic carbocycles. The fourth-order valence-corrected chi connectivity index (χ4v) is 2.38. The molecule has 1 heterocycles. The highest BCUT2D eigenvalue weighted by molar-refractivity contribution is 5.96. The molecule has 2 aromatic carbocycles. The maximum atomic E-state index is 12.1. The molecule has 0 aliphatic heterocycles. The van der Waals surface area contributed by atoms with E-state index in [1.165, 1.54) is 30.7 Å². The minimum atomic E-state index is -0.622. The standard InChI is InChI=1S/C22H19N3O5/c1-15-4-10-18(11-5-15)24-20(26)14-30-22(28)17-8-6-16(7-9-17)13-23-25-21(27)19-3-2-12-29-19/h2-13H,14H2,1H3,(H,24,26)(H,25,27)/b23-13-. The zero-order chi connectivity index (χ0) is 21.3. The number of hydrogen-bond acceptors (Lipinski definition) is 6. The van der Waals surface area contributed by atoms with Crippen molar-refractivity contribution < 1.29 is 23.5 Å². The summed E-state index contributed by atoms with van der Waals surface area (Å²) in [7, 11) is 0. The predicted octanol–water partition coefficient (Wildman–Crippen LogP) is 3.15. The van der Waals surface area contributed by atoms with Gasteiger partial charge in [-0.3, -0.25) is 9.59 Å². The van der Waals surface area contributed by atoms with E-state index in [0.717, 1.165) is 5.56 Å². The topological polar surface area (TPSA) is 110 Å². The van der Waals surface area contributed by atoms with Crippen molar-refractivity contribution in [2.24, 2.45) is 5.10 Å². The van der Waals surface area contributed by atoms with Gasteiger partial charge in [0.25, 0.3) is 5.91 Å². The van der Waals surface area contributed by atoms with Crippen molar-refractivity contribution >= 4 is 29.7 Å². The smallest absolute Gasteiger partial charge is 0.338 e. The second kappa shape index (κ2) is 9.83. The Kier molecular flexibility index (Phi) is 6.73. The number of nitrogens with one attached hydrogen (secondary N) is 2. The first kappa shape index (κ1) is 20.5. The Bertz CT molecular complexity index is 1040. The summed E-state index contributed by atoms with van der Waals surface area (Å²) in [5, 5.41) is 6.48. The van der Waals surface area contributed by atoms with Crippen molar-refractivity contribution in [3.63, 3.8) is 0 Å². The maximum absolute atomic E-state index is 12.1. The van der Waals surface area contributed by atoms with Gasteiger partial charge in [0.05, 0.1) is 18.0 Å². The van der Waals surface area contributed by atoms with Gasteiger partial charge >= 0.3 is 11.9 Å². The number of carbonyl (C=O) groups excluding carboxylic acids is 3. The Balaban J connectivity index is 1.46. The normalized spacial score (nSPS) is 10.6. The lowest BCUT2D eigenvalue weighted by Crippen LogP contribution is -2.20. The van der Waals surface area contributed by atoms with Crippen LogP contribution in [-0.2, 0) is 9.53 Å². The molecular weight excluding hydrogens is 386 g/mol. The monoisotopic (exact) mass is 405 g/mol. The average molecular weight is 405 g/mol. The summed E-state index contributed by atoms with van der Waals surface area (Å²) < 4.78 is 9.98. The van der Waals surface area contributed by atoms with Gasteiger partial charge in [-0.05, 0) is 48.9 Å². The highest BCUT2D eigenvalue weighted by atomic mass is 16.5. The molecule has 0 radical (unpaired) electrons. The van der Waals surface area contributed by atoms with Gasteiger partial charge in [0.2, 0.25) is 0 Å². The average Bonchev–Trinajstić information content (AvgIpc) is 3.29. The number of nitrogens with zero attached hydrogens (tertiary/aromatic N) is 1. The van der Waals surface area contributed by atoms with Crippen LogP contribution < -0.4 is 10.7 Å². The molecule has 0 aliphatic rings. The molecule has 8 nitrogen and oxygen atoms in total. The number of amides is 2. The van der Waals surface area contributed by atoms with Crippen molar-refractivity contribution in [1.82, 2.24) is 5.43 Å². The van der Waals surface area contributed by atoms with E-state index in [0.29, 0.717) is 11.3 Å². The molecule has 152 valence electrons. The molecule has 2 N–H and O–H groups in total. The number of hydrazone groups is 1. The van der Waals surface area contributed by atoms with Crippen LogP contribution in [0.5, 0.6) is 0 Å². The fraction of sp³-hybridized carbons (Fsp3) is 0.0909. The Morgan fingerprint density at radius 2 is 1.77 bits per heavy atom. The van der Waals surface area contributed by atoms with Crippen LogP contribution >= 0.6 is 0 Å². The lowest BCUT2D eigenvalue weighted by Gasteiger charge is -2.07. The first-order valence-electron chi connectivity index (χ1n) is 9.02. The Hall–Kier alpha value is -4.20. The van der Waals surface area contributed by atoms with E-state index in [2.05, 4.69) is 15.8 Å². The molecule has 0 spiro atoms. The van der Waals surface area contributed by atoms with Crippen LogP contribution in [0.2, 0.25) is 0 Å². The molecule has 0 fully saturated rings. The molecular formula is C22H19N3O5. The van der Waals surface area contributed by atoms with Gasteiger partial charge in [0.1, 0.15) is 0 Å². The minimum absolute atomic E-state index is 0.150. The van der Waals surface area contributed by atoms with E-state index in [4.69, 9.17) is 9.15 Å². The number of esters is 1. The van der Waals surface area contributed by atoms with Crippen LogP contribution in [0.1, 0.15) is 32.0 Å². The van der Waals surface area contributed by atoms with Crippen LogP contribution in [-0.4, -0.2) is 30.6 Å². The summed E-state index contributed by atoms with van der Waals surface area (Å²) in [4.78, 5) is 35.7. The van der Waals surface area contributed by atoms with Crippen LogP contribution in [0, 0.1) is 6.92 Å². The number of hydrogen-bond donors (Lipinski definition) is 2. The molecule has 2 amide bonds.